The SMILES string of the molecule is CC(N)CCC(C)c1cc(Cl)cc(Cl)c1. The van der Waals surface area contributed by atoms with Crippen LogP contribution in [-0.4, -0.2) is 6.04 Å². The summed E-state index contributed by atoms with van der Waals surface area (Å²) in [5.41, 5.74) is 6.91. The van der Waals surface area contributed by atoms with E-state index in [1.54, 1.807) is 6.07 Å². The molecule has 3 heteroatoms. The van der Waals surface area contributed by atoms with Gasteiger partial charge in [-0.15, -0.1) is 0 Å². The number of hydrogen-bond donors (Lipinski definition) is 1. The van der Waals surface area contributed by atoms with Gasteiger partial charge in [0.05, 0.1) is 0 Å². The van der Waals surface area contributed by atoms with Crippen LogP contribution >= 0.6 is 23.2 Å². The maximum absolute atomic E-state index is 5.95. The minimum atomic E-state index is 0.252. The van der Waals surface area contributed by atoms with Crippen LogP contribution in [0.1, 0.15) is 38.2 Å². The minimum Gasteiger partial charge on any atom is -0.328 e. The van der Waals surface area contributed by atoms with E-state index in [1.165, 1.54) is 5.56 Å². The largest absolute Gasteiger partial charge is 0.328 e. The first-order chi connectivity index (χ1) is 6.99. The molecule has 2 atom stereocenters. The smallest absolute Gasteiger partial charge is 0.0423 e. The zero-order chi connectivity index (χ0) is 11.4. The van der Waals surface area contributed by atoms with Crippen molar-refractivity contribution in [1.29, 1.82) is 0 Å². The molecule has 0 aromatic heterocycles. The van der Waals surface area contributed by atoms with Crippen molar-refractivity contribution in [1.82, 2.24) is 0 Å². The Labute approximate surface area is 102 Å². The number of benzene rings is 1. The van der Waals surface area contributed by atoms with Crippen molar-refractivity contribution in [2.24, 2.45) is 5.73 Å². The first-order valence-corrected chi connectivity index (χ1v) is 5.96. The van der Waals surface area contributed by atoms with Crippen molar-refractivity contribution in [3.63, 3.8) is 0 Å². The van der Waals surface area contributed by atoms with Crippen molar-refractivity contribution in [3.05, 3.63) is 33.8 Å². The lowest BCUT2D eigenvalue weighted by Crippen LogP contribution is -2.15. The summed E-state index contributed by atoms with van der Waals surface area (Å²) >= 11 is 11.9. The van der Waals surface area contributed by atoms with Crippen molar-refractivity contribution in [2.75, 3.05) is 0 Å². The molecule has 1 nitrogen and oxygen atoms in total. The molecule has 0 spiro atoms. The summed E-state index contributed by atoms with van der Waals surface area (Å²) in [5, 5.41) is 1.40. The molecule has 0 heterocycles. The molecule has 0 saturated carbocycles. The molecule has 0 amide bonds. The van der Waals surface area contributed by atoms with E-state index in [1.807, 2.05) is 19.1 Å². The molecule has 1 aromatic carbocycles. The molecule has 0 fully saturated rings. The average molecular weight is 246 g/mol. The van der Waals surface area contributed by atoms with Gasteiger partial charge in [0.15, 0.2) is 0 Å². The molecule has 0 radical (unpaired) electrons. The summed E-state index contributed by atoms with van der Waals surface area (Å²) in [6.07, 6.45) is 2.08. The molecule has 0 aliphatic carbocycles. The van der Waals surface area contributed by atoms with Crippen molar-refractivity contribution >= 4 is 23.2 Å². The summed E-state index contributed by atoms with van der Waals surface area (Å²) < 4.78 is 0. The molecular formula is C12H17Cl2N. The number of rotatable bonds is 4. The van der Waals surface area contributed by atoms with Crippen LogP contribution in [0.2, 0.25) is 10.0 Å². The van der Waals surface area contributed by atoms with Crippen LogP contribution in [0.5, 0.6) is 0 Å². The quantitative estimate of drug-likeness (QED) is 0.845. The van der Waals surface area contributed by atoms with E-state index in [0.29, 0.717) is 16.0 Å². The molecule has 0 aliphatic rings. The van der Waals surface area contributed by atoms with Gasteiger partial charge in [0.1, 0.15) is 0 Å². The van der Waals surface area contributed by atoms with E-state index in [0.717, 1.165) is 12.8 Å². The fourth-order valence-corrected chi connectivity index (χ4v) is 2.08. The lowest BCUT2D eigenvalue weighted by molar-refractivity contribution is 0.569. The maximum atomic E-state index is 5.95. The second-order valence-electron chi connectivity index (χ2n) is 4.16. The van der Waals surface area contributed by atoms with Crippen LogP contribution in [0.25, 0.3) is 0 Å². The van der Waals surface area contributed by atoms with Crippen LogP contribution in [-0.2, 0) is 0 Å². The lowest BCUT2D eigenvalue weighted by atomic mass is 9.95. The molecule has 2 unspecified atom stereocenters. The fourth-order valence-electron chi connectivity index (χ4n) is 1.54. The Morgan fingerprint density at radius 2 is 1.60 bits per heavy atom. The van der Waals surface area contributed by atoms with Gasteiger partial charge in [-0.3, -0.25) is 0 Å². The van der Waals surface area contributed by atoms with Crippen molar-refractivity contribution in [2.45, 2.75) is 38.6 Å². The Hall–Kier alpha value is -0.240. The van der Waals surface area contributed by atoms with E-state index in [4.69, 9.17) is 28.9 Å². The van der Waals surface area contributed by atoms with Gasteiger partial charge < -0.3 is 5.73 Å². The summed E-state index contributed by atoms with van der Waals surface area (Å²) in [5.74, 6) is 0.451. The zero-order valence-corrected chi connectivity index (χ0v) is 10.6. The fraction of sp³-hybridized carbons (Fsp3) is 0.500. The van der Waals surface area contributed by atoms with Gasteiger partial charge in [-0.1, -0.05) is 30.1 Å². The van der Waals surface area contributed by atoms with Gasteiger partial charge in [-0.05, 0) is 49.4 Å². The minimum absolute atomic E-state index is 0.252. The third-order valence-electron chi connectivity index (χ3n) is 2.51. The third-order valence-corrected chi connectivity index (χ3v) is 2.95. The van der Waals surface area contributed by atoms with Crippen LogP contribution in [0.4, 0.5) is 0 Å². The van der Waals surface area contributed by atoms with Crippen LogP contribution in [0.15, 0.2) is 18.2 Å². The molecule has 84 valence electrons. The second-order valence-corrected chi connectivity index (χ2v) is 5.03. The molecule has 2 N–H and O–H groups in total. The van der Waals surface area contributed by atoms with Crippen LogP contribution in [0, 0.1) is 0 Å². The monoisotopic (exact) mass is 245 g/mol. The Kier molecular flexibility index (Phi) is 4.91. The summed E-state index contributed by atoms with van der Waals surface area (Å²) in [7, 11) is 0. The van der Waals surface area contributed by atoms with E-state index in [-0.39, 0.29) is 6.04 Å². The normalized spacial score (nSPS) is 15.0. The van der Waals surface area contributed by atoms with Crippen molar-refractivity contribution < 1.29 is 0 Å². The number of nitrogens with two attached hydrogens (primary N) is 1. The van der Waals surface area contributed by atoms with Gasteiger partial charge in [0.25, 0.3) is 0 Å². The molecule has 15 heavy (non-hydrogen) atoms. The molecule has 0 bridgehead atoms. The van der Waals surface area contributed by atoms with Crippen LogP contribution in [0.3, 0.4) is 0 Å². The van der Waals surface area contributed by atoms with Gasteiger partial charge in [-0.2, -0.15) is 0 Å². The zero-order valence-electron chi connectivity index (χ0n) is 9.13. The molecular weight excluding hydrogens is 229 g/mol. The van der Waals surface area contributed by atoms with E-state index in [9.17, 15) is 0 Å². The Balaban J connectivity index is 2.68. The van der Waals surface area contributed by atoms with Gasteiger partial charge >= 0.3 is 0 Å². The first-order valence-electron chi connectivity index (χ1n) is 5.20. The van der Waals surface area contributed by atoms with Gasteiger partial charge in [0.2, 0.25) is 0 Å². The molecule has 0 aliphatic heterocycles. The molecule has 1 aromatic rings. The standard InChI is InChI=1S/C12H17Cl2N/c1-8(3-4-9(2)15)10-5-11(13)7-12(14)6-10/h5-9H,3-4,15H2,1-2H3. The highest BCUT2D eigenvalue weighted by Crippen LogP contribution is 2.27. The highest BCUT2D eigenvalue weighted by atomic mass is 35.5. The van der Waals surface area contributed by atoms with Crippen LogP contribution < -0.4 is 5.73 Å². The summed E-state index contributed by atoms with van der Waals surface area (Å²) in [6.45, 7) is 4.20. The van der Waals surface area contributed by atoms with E-state index in [2.05, 4.69) is 6.92 Å². The number of halogens is 2. The lowest BCUT2D eigenvalue weighted by Gasteiger charge is -2.14. The highest BCUT2D eigenvalue weighted by molar-refractivity contribution is 6.34. The summed E-state index contributed by atoms with van der Waals surface area (Å²) in [6, 6.07) is 5.95. The van der Waals surface area contributed by atoms with E-state index < -0.39 is 0 Å². The van der Waals surface area contributed by atoms with E-state index >= 15 is 0 Å². The Morgan fingerprint density at radius 3 is 2.07 bits per heavy atom. The topological polar surface area (TPSA) is 26.0 Å². The third kappa shape index (κ3) is 4.42. The Bertz CT molecular complexity index is 303. The highest BCUT2D eigenvalue weighted by Gasteiger charge is 2.08. The molecule has 1 rings (SSSR count). The average Bonchev–Trinajstić information content (AvgIpc) is 2.12. The number of hydrogen-bond acceptors (Lipinski definition) is 1. The van der Waals surface area contributed by atoms with Gasteiger partial charge in [0, 0.05) is 16.1 Å². The maximum Gasteiger partial charge on any atom is 0.0423 e. The molecule has 0 saturated heterocycles. The predicted molar refractivity (Wildman–Crippen MR) is 67.8 cm³/mol. The van der Waals surface area contributed by atoms with Gasteiger partial charge in [-0.25, -0.2) is 0 Å². The summed E-state index contributed by atoms with van der Waals surface area (Å²) in [4.78, 5) is 0. The van der Waals surface area contributed by atoms with Crippen molar-refractivity contribution in [3.8, 4) is 0 Å². The second kappa shape index (κ2) is 5.74. The predicted octanol–water partition coefficient (Wildman–Crippen LogP) is 4.22. The Morgan fingerprint density at radius 1 is 1.07 bits per heavy atom. The first kappa shape index (κ1) is 12.8.